The molecule has 5 nitrogen and oxygen atoms in total. The average molecular weight is 312 g/mol. The molecule has 0 radical (unpaired) electrons. The van der Waals surface area contributed by atoms with Gasteiger partial charge in [0.2, 0.25) is 0 Å². The Balaban J connectivity index is 2.07. The van der Waals surface area contributed by atoms with Gasteiger partial charge in [0.05, 0.1) is 0 Å². The summed E-state index contributed by atoms with van der Waals surface area (Å²) in [7, 11) is 0. The van der Waals surface area contributed by atoms with Gasteiger partial charge in [-0.3, -0.25) is 4.79 Å². The van der Waals surface area contributed by atoms with Crippen molar-refractivity contribution in [3.05, 3.63) is 47.7 Å². The van der Waals surface area contributed by atoms with Crippen molar-refractivity contribution in [3.8, 4) is 0 Å². The van der Waals surface area contributed by atoms with Gasteiger partial charge in [0.25, 0.3) is 5.91 Å². The molecule has 1 amide bonds. The summed E-state index contributed by atoms with van der Waals surface area (Å²) < 4.78 is 0. The zero-order chi connectivity index (χ0) is 16.8. The number of benzene rings is 1. The van der Waals surface area contributed by atoms with Crippen molar-refractivity contribution in [2.24, 2.45) is 5.92 Å². The first-order chi connectivity index (χ1) is 11.0. The van der Waals surface area contributed by atoms with Crippen molar-refractivity contribution in [2.45, 2.75) is 33.6 Å². The first-order valence-corrected chi connectivity index (χ1v) is 7.95. The molecule has 5 heteroatoms. The highest BCUT2D eigenvalue weighted by molar-refractivity contribution is 5.92. The van der Waals surface area contributed by atoms with Gasteiger partial charge in [0.15, 0.2) is 11.5 Å². The van der Waals surface area contributed by atoms with Crippen LogP contribution in [0.25, 0.3) is 0 Å². The van der Waals surface area contributed by atoms with E-state index in [0.717, 1.165) is 5.69 Å². The predicted octanol–water partition coefficient (Wildman–Crippen LogP) is 3.73. The summed E-state index contributed by atoms with van der Waals surface area (Å²) in [6.45, 7) is 9.02. The standard InChI is InChI=1S/C18H24N4O/c1-12(2)11-19-18(23)16-9-10-17(22-21-16)20-15-8-6-5-7-14(15)13(3)4/h5-10,12-13H,11H2,1-4H3,(H,19,23)(H,20,22). The molecule has 122 valence electrons. The van der Waals surface area contributed by atoms with Gasteiger partial charge in [-0.05, 0) is 35.6 Å². The van der Waals surface area contributed by atoms with Gasteiger partial charge >= 0.3 is 0 Å². The van der Waals surface area contributed by atoms with E-state index in [9.17, 15) is 4.79 Å². The first kappa shape index (κ1) is 16.9. The number of hydrogen-bond donors (Lipinski definition) is 2. The van der Waals surface area contributed by atoms with Crippen LogP contribution in [0, 0.1) is 5.92 Å². The number of anilines is 2. The van der Waals surface area contributed by atoms with Crippen LogP contribution in [0.1, 0.15) is 49.7 Å². The van der Waals surface area contributed by atoms with Gasteiger partial charge in [0, 0.05) is 12.2 Å². The molecule has 2 aromatic rings. The lowest BCUT2D eigenvalue weighted by molar-refractivity contribution is 0.0943. The molecule has 0 spiro atoms. The van der Waals surface area contributed by atoms with E-state index in [2.05, 4.69) is 40.7 Å². The van der Waals surface area contributed by atoms with E-state index >= 15 is 0 Å². The second-order valence-corrected chi connectivity index (χ2v) is 6.27. The summed E-state index contributed by atoms with van der Waals surface area (Å²) in [6, 6.07) is 11.6. The fourth-order valence-corrected chi connectivity index (χ4v) is 2.16. The van der Waals surface area contributed by atoms with Gasteiger partial charge in [-0.15, -0.1) is 10.2 Å². The van der Waals surface area contributed by atoms with Crippen molar-refractivity contribution in [2.75, 3.05) is 11.9 Å². The first-order valence-electron chi connectivity index (χ1n) is 7.95. The molecular weight excluding hydrogens is 288 g/mol. The minimum atomic E-state index is -0.194. The quantitative estimate of drug-likeness (QED) is 0.853. The van der Waals surface area contributed by atoms with Crippen LogP contribution in [-0.4, -0.2) is 22.6 Å². The predicted molar refractivity (Wildman–Crippen MR) is 93.0 cm³/mol. The maximum absolute atomic E-state index is 11.9. The van der Waals surface area contributed by atoms with Crippen molar-refractivity contribution >= 4 is 17.4 Å². The molecule has 1 heterocycles. The second kappa shape index (κ2) is 7.72. The molecule has 0 aliphatic carbocycles. The third kappa shape index (κ3) is 4.77. The van der Waals surface area contributed by atoms with Crippen molar-refractivity contribution in [1.29, 1.82) is 0 Å². The Hall–Kier alpha value is -2.43. The summed E-state index contributed by atoms with van der Waals surface area (Å²) in [4.78, 5) is 11.9. The van der Waals surface area contributed by atoms with Crippen LogP contribution < -0.4 is 10.6 Å². The summed E-state index contributed by atoms with van der Waals surface area (Å²) in [5.74, 6) is 1.24. The molecule has 0 saturated heterocycles. The summed E-state index contributed by atoms with van der Waals surface area (Å²) in [5.41, 5.74) is 2.55. The van der Waals surface area contributed by atoms with E-state index in [0.29, 0.717) is 29.9 Å². The smallest absolute Gasteiger partial charge is 0.271 e. The fraction of sp³-hybridized carbons (Fsp3) is 0.389. The Morgan fingerprint density at radius 2 is 1.78 bits per heavy atom. The van der Waals surface area contributed by atoms with Gasteiger partial charge < -0.3 is 10.6 Å². The zero-order valence-corrected chi connectivity index (χ0v) is 14.1. The largest absolute Gasteiger partial charge is 0.350 e. The number of nitrogens with zero attached hydrogens (tertiary/aromatic N) is 2. The van der Waals surface area contributed by atoms with Gasteiger partial charge in [0.1, 0.15) is 0 Å². The minimum absolute atomic E-state index is 0.194. The average Bonchev–Trinajstić information content (AvgIpc) is 2.53. The Morgan fingerprint density at radius 1 is 1.04 bits per heavy atom. The third-order valence-corrected chi connectivity index (χ3v) is 3.41. The Morgan fingerprint density at radius 3 is 2.39 bits per heavy atom. The van der Waals surface area contributed by atoms with Crippen LogP contribution in [0.15, 0.2) is 36.4 Å². The Kier molecular flexibility index (Phi) is 5.68. The number of carbonyl (C=O) groups is 1. The van der Waals surface area contributed by atoms with Crippen molar-refractivity contribution in [3.63, 3.8) is 0 Å². The maximum Gasteiger partial charge on any atom is 0.271 e. The van der Waals surface area contributed by atoms with E-state index in [-0.39, 0.29) is 5.91 Å². The van der Waals surface area contributed by atoms with E-state index < -0.39 is 0 Å². The normalized spacial score (nSPS) is 10.9. The topological polar surface area (TPSA) is 66.9 Å². The van der Waals surface area contributed by atoms with E-state index in [1.54, 1.807) is 12.1 Å². The highest BCUT2D eigenvalue weighted by Gasteiger charge is 2.10. The summed E-state index contributed by atoms with van der Waals surface area (Å²) >= 11 is 0. The SMILES string of the molecule is CC(C)CNC(=O)c1ccc(Nc2ccccc2C(C)C)nn1. The van der Waals surface area contributed by atoms with Crippen LogP contribution in [0.3, 0.4) is 0 Å². The number of hydrogen-bond acceptors (Lipinski definition) is 4. The van der Waals surface area contributed by atoms with E-state index in [1.165, 1.54) is 5.56 Å². The molecule has 0 aliphatic heterocycles. The van der Waals surface area contributed by atoms with Crippen LogP contribution in [-0.2, 0) is 0 Å². The van der Waals surface area contributed by atoms with E-state index in [4.69, 9.17) is 0 Å². The highest BCUT2D eigenvalue weighted by Crippen LogP contribution is 2.25. The van der Waals surface area contributed by atoms with Crippen LogP contribution in [0.5, 0.6) is 0 Å². The highest BCUT2D eigenvalue weighted by atomic mass is 16.1. The molecular formula is C18H24N4O. The number of nitrogens with one attached hydrogen (secondary N) is 2. The van der Waals surface area contributed by atoms with Crippen LogP contribution in [0.4, 0.5) is 11.5 Å². The van der Waals surface area contributed by atoms with Gasteiger partial charge in [-0.1, -0.05) is 45.9 Å². The molecule has 1 aromatic heterocycles. The molecule has 2 N–H and O–H groups in total. The van der Waals surface area contributed by atoms with Gasteiger partial charge in [-0.2, -0.15) is 0 Å². The fourth-order valence-electron chi connectivity index (χ4n) is 2.16. The number of aromatic nitrogens is 2. The molecule has 0 atom stereocenters. The number of amides is 1. The molecule has 0 unspecified atom stereocenters. The van der Waals surface area contributed by atoms with Gasteiger partial charge in [-0.25, -0.2) is 0 Å². The molecule has 1 aromatic carbocycles. The molecule has 0 fully saturated rings. The van der Waals surface area contributed by atoms with Crippen LogP contribution >= 0.6 is 0 Å². The van der Waals surface area contributed by atoms with Crippen molar-refractivity contribution in [1.82, 2.24) is 15.5 Å². The van der Waals surface area contributed by atoms with E-state index in [1.807, 2.05) is 32.0 Å². The maximum atomic E-state index is 11.9. The third-order valence-electron chi connectivity index (χ3n) is 3.41. The molecule has 0 bridgehead atoms. The van der Waals surface area contributed by atoms with Crippen molar-refractivity contribution < 1.29 is 4.79 Å². The van der Waals surface area contributed by atoms with Crippen LogP contribution in [0.2, 0.25) is 0 Å². The lowest BCUT2D eigenvalue weighted by atomic mass is 10.0. The summed E-state index contributed by atoms with van der Waals surface area (Å²) in [5, 5.41) is 14.2. The lowest BCUT2D eigenvalue weighted by Crippen LogP contribution is -2.28. The molecule has 0 saturated carbocycles. The summed E-state index contributed by atoms with van der Waals surface area (Å²) in [6.07, 6.45) is 0. The molecule has 0 aliphatic rings. The lowest BCUT2D eigenvalue weighted by Gasteiger charge is -2.13. The monoisotopic (exact) mass is 312 g/mol. The Bertz CT molecular complexity index is 650. The minimum Gasteiger partial charge on any atom is -0.350 e. The molecule has 23 heavy (non-hydrogen) atoms. The Labute approximate surface area is 137 Å². The molecule has 2 rings (SSSR count). The number of rotatable bonds is 6. The second-order valence-electron chi connectivity index (χ2n) is 6.27. The number of para-hydroxylation sites is 1. The number of carbonyl (C=O) groups excluding carboxylic acids is 1. The zero-order valence-electron chi connectivity index (χ0n) is 14.1.